The standard InChI is InChI=1S/C28H19ClF3N3OS/c1-17-5-7-19(8-6-17)25-14-23(18-9-11-21(29)12-10-18)24(15-33)27(35-25)37-16-26(36)34-22-4-2-3-20(13-22)28(30,31)32/h2-14H,16H2,1H3,(H,34,36). The number of carbonyl (C=O) groups excluding carboxylic acids is 1. The summed E-state index contributed by atoms with van der Waals surface area (Å²) in [4.78, 5) is 17.3. The Morgan fingerprint density at radius 2 is 1.70 bits per heavy atom. The summed E-state index contributed by atoms with van der Waals surface area (Å²) >= 11 is 7.08. The van der Waals surface area contributed by atoms with E-state index in [0.717, 1.165) is 40.6 Å². The molecule has 4 aromatic rings. The van der Waals surface area contributed by atoms with Crippen LogP contribution in [-0.4, -0.2) is 16.6 Å². The van der Waals surface area contributed by atoms with Crippen LogP contribution in [0.15, 0.2) is 83.9 Å². The summed E-state index contributed by atoms with van der Waals surface area (Å²) in [5.74, 6) is -0.682. The molecule has 186 valence electrons. The van der Waals surface area contributed by atoms with E-state index in [0.29, 0.717) is 21.3 Å². The van der Waals surface area contributed by atoms with Gasteiger partial charge in [-0.15, -0.1) is 0 Å². The predicted molar refractivity (Wildman–Crippen MR) is 140 cm³/mol. The number of hydrogen-bond acceptors (Lipinski definition) is 4. The average molecular weight is 538 g/mol. The number of aromatic nitrogens is 1. The molecule has 1 amide bonds. The maximum Gasteiger partial charge on any atom is 0.416 e. The minimum Gasteiger partial charge on any atom is -0.325 e. The molecule has 0 saturated heterocycles. The van der Waals surface area contributed by atoms with Crippen molar-refractivity contribution in [1.29, 1.82) is 5.26 Å². The zero-order valence-electron chi connectivity index (χ0n) is 19.4. The first-order valence-electron chi connectivity index (χ1n) is 11.0. The highest BCUT2D eigenvalue weighted by molar-refractivity contribution is 8.00. The van der Waals surface area contributed by atoms with E-state index < -0.39 is 17.6 Å². The summed E-state index contributed by atoms with van der Waals surface area (Å²) in [7, 11) is 0. The van der Waals surface area contributed by atoms with E-state index in [1.54, 1.807) is 24.3 Å². The number of nitrogens with one attached hydrogen (secondary N) is 1. The summed E-state index contributed by atoms with van der Waals surface area (Å²) in [6.45, 7) is 1.97. The number of carbonyl (C=O) groups is 1. The fourth-order valence-electron chi connectivity index (χ4n) is 3.57. The van der Waals surface area contributed by atoms with Gasteiger partial charge >= 0.3 is 6.18 Å². The second-order valence-corrected chi connectivity index (χ2v) is 9.54. The van der Waals surface area contributed by atoms with Crippen LogP contribution in [0.2, 0.25) is 5.02 Å². The van der Waals surface area contributed by atoms with Crippen molar-refractivity contribution in [3.63, 3.8) is 0 Å². The Balaban J connectivity index is 1.65. The first kappa shape index (κ1) is 26.3. The van der Waals surface area contributed by atoms with Crippen molar-refractivity contribution in [2.24, 2.45) is 0 Å². The van der Waals surface area contributed by atoms with Crippen molar-refractivity contribution < 1.29 is 18.0 Å². The van der Waals surface area contributed by atoms with Gasteiger partial charge in [-0.05, 0) is 48.9 Å². The first-order chi connectivity index (χ1) is 17.6. The molecular weight excluding hydrogens is 519 g/mol. The van der Waals surface area contributed by atoms with Crippen molar-refractivity contribution in [3.8, 4) is 28.5 Å². The number of amides is 1. The molecule has 0 aliphatic heterocycles. The number of nitrogens with zero attached hydrogens (tertiary/aromatic N) is 2. The van der Waals surface area contributed by atoms with Crippen LogP contribution in [-0.2, 0) is 11.0 Å². The van der Waals surface area contributed by atoms with E-state index in [4.69, 9.17) is 11.6 Å². The number of thioether (sulfide) groups is 1. The molecule has 0 spiro atoms. The van der Waals surface area contributed by atoms with Gasteiger partial charge in [-0.25, -0.2) is 4.98 Å². The molecule has 0 aliphatic carbocycles. The molecule has 0 fully saturated rings. The molecule has 0 bridgehead atoms. The number of hydrogen-bond donors (Lipinski definition) is 1. The highest BCUT2D eigenvalue weighted by Crippen LogP contribution is 2.35. The monoisotopic (exact) mass is 537 g/mol. The van der Waals surface area contributed by atoms with E-state index in [1.807, 2.05) is 37.3 Å². The number of aryl methyl sites for hydroxylation is 1. The zero-order valence-corrected chi connectivity index (χ0v) is 21.0. The Labute approximate surface area is 221 Å². The van der Waals surface area contributed by atoms with Crippen molar-refractivity contribution in [3.05, 3.63) is 101 Å². The number of rotatable bonds is 6. The molecule has 0 unspecified atom stereocenters. The lowest BCUT2D eigenvalue weighted by Gasteiger charge is -2.13. The average Bonchev–Trinajstić information content (AvgIpc) is 2.87. The molecule has 9 heteroatoms. The van der Waals surface area contributed by atoms with Crippen LogP contribution < -0.4 is 5.32 Å². The Morgan fingerprint density at radius 3 is 2.35 bits per heavy atom. The van der Waals surface area contributed by atoms with E-state index in [9.17, 15) is 23.2 Å². The van der Waals surface area contributed by atoms with E-state index in [1.165, 1.54) is 12.1 Å². The topological polar surface area (TPSA) is 65.8 Å². The Hall–Kier alpha value is -3.80. The predicted octanol–water partition coefficient (Wildman–Crippen LogP) is 8.00. The SMILES string of the molecule is Cc1ccc(-c2cc(-c3ccc(Cl)cc3)c(C#N)c(SCC(=O)Nc3cccc(C(F)(F)F)c3)n2)cc1. The second kappa shape index (κ2) is 11.1. The van der Waals surface area contributed by atoms with Crippen LogP contribution in [0, 0.1) is 18.3 Å². The first-order valence-corrected chi connectivity index (χ1v) is 12.4. The smallest absolute Gasteiger partial charge is 0.325 e. The highest BCUT2D eigenvalue weighted by Gasteiger charge is 2.30. The Kier molecular flexibility index (Phi) is 7.86. The molecule has 1 N–H and O–H groups in total. The Bertz CT molecular complexity index is 1480. The molecule has 0 radical (unpaired) electrons. The summed E-state index contributed by atoms with van der Waals surface area (Å²) in [6.07, 6.45) is -4.52. The van der Waals surface area contributed by atoms with Crippen LogP contribution in [0.4, 0.5) is 18.9 Å². The lowest BCUT2D eigenvalue weighted by molar-refractivity contribution is -0.137. The lowest BCUT2D eigenvalue weighted by atomic mass is 9.99. The number of halogens is 4. The van der Waals surface area contributed by atoms with Gasteiger partial charge in [-0.3, -0.25) is 4.79 Å². The number of anilines is 1. The molecule has 1 aromatic heterocycles. The minimum absolute atomic E-state index is 0.0316. The van der Waals surface area contributed by atoms with Gasteiger partial charge < -0.3 is 5.32 Å². The minimum atomic E-state index is -4.52. The third-order valence-electron chi connectivity index (χ3n) is 5.41. The largest absolute Gasteiger partial charge is 0.416 e. The maximum absolute atomic E-state index is 13.0. The van der Waals surface area contributed by atoms with Gasteiger partial charge in [-0.2, -0.15) is 18.4 Å². The number of alkyl halides is 3. The van der Waals surface area contributed by atoms with Crippen molar-refractivity contribution >= 4 is 35.0 Å². The lowest BCUT2D eigenvalue weighted by Crippen LogP contribution is -2.15. The fraction of sp³-hybridized carbons (Fsp3) is 0.107. The summed E-state index contributed by atoms with van der Waals surface area (Å²) < 4.78 is 39.0. The Morgan fingerprint density at radius 1 is 1.03 bits per heavy atom. The summed E-state index contributed by atoms with van der Waals surface area (Å²) in [5.41, 5.74) is 3.38. The van der Waals surface area contributed by atoms with Gasteiger partial charge in [0.15, 0.2) is 0 Å². The normalized spacial score (nSPS) is 11.1. The number of pyridine rings is 1. The van der Waals surface area contributed by atoms with Gasteiger partial charge in [0, 0.05) is 21.8 Å². The van der Waals surface area contributed by atoms with Crippen molar-refractivity contribution in [2.75, 3.05) is 11.1 Å². The van der Waals surface area contributed by atoms with Crippen LogP contribution in [0.1, 0.15) is 16.7 Å². The van der Waals surface area contributed by atoms with E-state index in [-0.39, 0.29) is 17.0 Å². The highest BCUT2D eigenvalue weighted by atomic mass is 35.5. The van der Waals surface area contributed by atoms with E-state index >= 15 is 0 Å². The molecule has 0 atom stereocenters. The summed E-state index contributed by atoms with van der Waals surface area (Å²) in [5, 5.41) is 13.4. The fourth-order valence-corrected chi connectivity index (χ4v) is 4.50. The zero-order chi connectivity index (χ0) is 26.6. The van der Waals surface area contributed by atoms with Gasteiger partial charge in [0.05, 0.1) is 22.6 Å². The molecular formula is C28H19ClF3N3OS. The second-order valence-electron chi connectivity index (χ2n) is 8.14. The number of nitriles is 1. The molecule has 1 heterocycles. The molecule has 37 heavy (non-hydrogen) atoms. The third-order valence-corrected chi connectivity index (χ3v) is 6.64. The van der Waals surface area contributed by atoms with E-state index in [2.05, 4.69) is 16.4 Å². The summed E-state index contributed by atoms with van der Waals surface area (Å²) in [6, 6.07) is 23.2. The van der Waals surface area contributed by atoms with Gasteiger partial charge in [-0.1, -0.05) is 71.4 Å². The molecule has 0 saturated carbocycles. The number of benzene rings is 3. The van der Waals surface area contributed by atoms with Gasteiger partial charge in [0.1, 0.15) is 11.1 Å². The molecule has 4 nitrogen and oxygen atoms in total. The van der Waals surface area contributed by atoms with Crippen molar-refractivity contribution in [2.45, 2.75) is 18.1 Å². The van der Waals surface area contributed by atoms with Gasteiger partial charge in [0.25, 0.3) is 0 Å². The van der Waals surface area contributed by atoms with Gasteiger partial charge in [0.2, 0.25) is 5.91 Å². The quantitative estimate of drug-likeness (QED) is 0.253. The third kappa shape index (κ3) is 6.50. The molecule has 3 aromatic carbocycles. The maximum atomic E-state index is 13.0. The van der Waals surface area contributed by atoms with Crippen LogP contribution in [0.3, 0.4) is 0 Å². The molecule has 0 aliphatic rings. The van der Waals surface area contributed by atoms with Crippen LogP contribution in [0.25, 0.3) is 22.4 Å². The van der Waals surface area contributed by atoms with Crippen LogP contribution in [0.5, 0.6) is 0 Å². The van der Waals surface area contributed by atoms with Crippen LogP contribution >= 0.6 is 23.4 Å². The van der Waals surface area contributed by atoms with Crippen molar-refractivity contribution in [1.82, 2.24) is 4.98 Å². The molecule has 4 rings (SSSR count).